The van der Waals surface area contributed by atoms with Crippen molar-refractivity contribution >= 4 is 5.91 Å². The van der Waals surface area contributed by atoms with Crippen molar-refractivity contribution in [1.82, 2.24) is 5.32 Å². The molecule has 0 aromatic heterocycles. The van der Waals surface area contributed by atoms with Crippen molar-refractivity contribution in [2.75, 3.05) is 46.3 Å². The van der Waals surface area contributed by atoms with Crippen molar-refractivity contribution in [3.63, 3.8) is 0 Å². The third-order valence-electron chi connectivity index (χ3n) is 7.05. The summed E-state index contributed by atoms with van der Waals surface area (Å²) in [5.41, 5.74) is 0.478. The zero-order chi connectivity index (χ0) is 15.2. The zero-order valence-electron chi connectivity index (χ0n) is 14.1. The van der Waals surface area contributed by atoms with E-state index in [1.807, 2.05) is 0 Å². The van der Waals surface area contributed by atoms with Crippen LogP contribution in [0.15, 0.2) is 0 Å². The highest BCUT2D eigenvalue weighted by Crippen LogP contribution is 2.59. The highest BCUT2D eigenvalue weighted by Gasteiger charge is 2.50. The Bertz CT molecular complexity index is 393. The van der Waals surface area contributed by atoms with Gasteiger partial charge in [0.05, 0.1) is 7.05 Å². The number of hydrogen-bond donors (Lipinski definition) is 3. The van der Waals surface area contributed by atoms with Crippen LogP contribution in [-0.4, -0.2) is 52.2 Å². The number of likely N-dealkylation sites (N-methyl/N-ethyl adjacent to an activating group) is 1. The molecule has 5 aliphatic rings. The van der Waals surface area contributed by atoms with Crippen molar-refractivity contribution in [3.05, 3.63) is 0 Å². The van der Waals surface area contributed by atoms with Gasteiger partial charge in [-0.05, 0) is 61.7 Å². The molecule has 1 heterocycles. The summed E-state index contributed by atoms with van der Waals surface area (Å²) in [6, 6.07) is 0. The molecule has 3 N–H and O–H groups in total. The third-order valence-corrected chi connectivity index (χ3v) is 7.05. The van der Waals surface area contributed by atoms with Crippen LogP contribution < -0.4 is 15.1 Å². The predicted octanol–water partition coefficient (Wildman–Crippen LogP) is -1.27. The molecule has 4 bridgehead atoms. The fourth-order valence-electron chi connectivity index (χ4n) is 6.29. The van der Waals surface area contributed by atoms with Crippen LogP contribution >= 0.6 is 0 Å². The van der Waals surface area contributed by atoms with E-state index >= 15 is 0 Å². The van der Waals surface area contributed by atoms with Gasteiger partial charge in [-0.3, -0.25) is 4.79 Å². The summed E-state index contributed by atoms with van der Waals surface area (Å²) in [5, 5.41) is 3.33. The molecule has 5 rings (SSSR count). The van der Waals surface area contributed by atoms with Crippen molar-refractivity contribution in [2.45, 2.75) is 38.5 Å². The summed E-state index contributed by atoms with van der Waals surface area (Å²) in [5.74, 6) is 3.24. The van der Waals surface area contributed by atoms with Gasteiger partial charge in [0.1, 0.15) is 26.2 Å². The molecule has 1 aliphatic heterocycles. The van der Waals surface area contributed by atoms with Crippen LogP contribution in [-0.2, 0) is 4.79 Å². The minimum absolute atomic E-state index is 0.297. The van der Waals surface area contributed by atoms with E-state index in [-0.39, 0.29) is 0 Å². The van der Waals surface area contributed by atoms with Gasteiger partial charge in [0.15, 0.2) is 6.54 Å². The summed E-state index contributed by atoms with van der Waals surface area (Å²) in [6.45, 7) is 6.37. The average molecular weight is 307 g/mol. The lowest BCUT2D eigenvalue weighted by molar-refractivity contribution is -1.000. The highest BCUT2D eigenvalue weighted by molar-refractivity contribution is 5.76. The van der Waals surface area contributed by atoms with E-state index < -0.39 is 0 Å². The molecule has 124 valence electrons. The van der Waals surface area contributed by atoms with Crippen molar-refractivity contribution < 1.29 is 14.6 Å². The number of piperazine rings is 1. The summed E-state index contributed by atoms with van der Waals surface area (Å²) in [7, 11) is 2.25. The second-order valence-corrected chi connectivity index (χ2v) is 9.08. The summed E-state index contributed by atoms with van der Waals surface area (Å²) in [6.07, 6.45) is 8.64. The maximum atomic E-state index is 12.3. The minimum atomic E-state index is 0.297. The number of carbonyl (C=O) groups is 1. The largest absolute Gasteiger partial charge is 0.351 e. The zero-order valence-corrected chi connectivity index (χ0v) is 14.1. The Balaban J connectivity index is 1.27. The van der Waals surface area contributed by atoms with E-state index in [1.54, 1.807) is 4.90 Å². The number of amides is 1. The Hall–Kier alpha value is -0.610. The van der Waals surface area contributed by atoms with Gasteiger partial charge in [0.2, 0.25) is 0 Å². The minimum Gasteiger partial charge on any atom is -0.351 e. The molecular weight excluding hydrogens is 274 g/mol. The molecule has 0 aromatic rings. The van der Waals surface area contributed by atoms with Gasteiger partial charge in [0.25, 0.3) is 5.91 Å². The quantitative estimate of drug-likeness (QED) is 0.595. The molecule has 4 saturated carbocycles. The van der Waals surface area contributed by atoms with Gasteiger partial charge in [-0.1, -0.05) is 0 Å². The van der Waals surface area contributed by atoms with Crippen LogP contribution in [0.5, 0.6) is 0 Å². The van der Waals surface area contributed by atoms with E-state index in [9.17, 15) is 4.79 Å². The molecule has 4 aliphatic carbocycles. The lowest BCUT2D eigenvalue weighted by Gasteiger charge is -2.56. The SMILES string of the molecule is C[NH+]1CC[NH+](CC(=O)NCC23CC4CC(CC(C4)C2)C3)CC1. The Labute approximate surface area is 134 Å². The van der Waals surface area contributed by atoms with Crippen LogP contribution in [0.25, 0.3) is 0 Å². The first kappa shape index (κ1) is 14.9. The van der Waals surface area contributed by atoms with Crippen LogP contribution in [0, 0.1) is 23.2 Å². The molecule has 1 amide bonds. The monoisotopic (exact) mass is 307 g/mol. The predicted molar refractivity (Wildman–Crippen MR) is 85.8 cm³/mol. The molecular formula is C18H33N3O+2. The molecule has 5 fully saturated rings. The van der Waals surface area contributed by atoms with E-state index in [2.05, 4.69) is 12.4 Å². The first-order valence-electron chi connectivity index (χ1n) is 9.52. The number of hydrogen-bond acceptors (Lipinski definition) is 1. The summed E-state index contributed by atoms with van der Waals surface area (Å²) in [4.78, 5) is 15.4. The Morgan fingerprint density at radius 3 is 2.09 bits per heavy atom. The molecule has 0 radical (unpaired) electrons. The third kappa shape index (κ3) is 3.05. The van der Waals surface area contributed by atoms with Gasteiger partial charge in [-0.25, -0.2) is 0 Å². The second-order valence-electron chi connectivity index (χ2n) is 9.08. The molecule has 0 unspecified atom stereocenters. The van der Waals surface area contributed by atoms with Gasteiger partial charge in [0, 0.05) is 6.54 Å². The van der Waals surface area contributed by atoms with E-state index in [1.165, 1.54) is 56.5 Å². The van der Waals surface area contributed by atoms with Crippen LogP contribution in [0.2, 0.25) is 0 Å². The topological polar surface area (TPSA) is 38.0 Å². The van der Waals surface area contributed by atoms with E-state index in [0.29, 0.717) is 17.9 Å². The van der Waals surface area contributed by atoms with Crippen LogP contribution in [0.4, 0.5) is 0 Å². The molecule has 1 saturated heterocycles. The molecule has 4 nitrogen and oxygen atoms in total. The van der Waals surface area contributed by atoms with Crippen molar-refractivity contribution in [2.24, 2.45) is 23.2 Å². The fourth-order valence-corrected chi connectivity index (χ4v) is 6.29. The first-order valence-corrected chi connectivity index (χ1v) is 9.52. The first-order chi connectivity index (χ1) is 10.6. The van der Waals surface area contributed by atoms with Gasteiger partial charge in [-0.2, -0.15) is 0 Å². The van der Waals surface area contributed by atoms with Crippen molar-refractivity contribution in [1.29, 1.82) is 0 Å². The molecule has 22 heavy (non-hydrogen) atoms. The molecule has 0 aromatic carbocycles. The normalized spacial score (nSPS) is 46.7. The Kier molecular flexibility index (Phi) is 3.93. The average Bonchev–Trinajstić information content (AvgIpc) is 2.46. The number of quaternary nitrogens is 2. The van der Waals surface area contributed by atoms with Crippen LogP contribution in [0.3, 0.4) is 0 Å². The van der Waals surface area contributed by atoms with Gasteiger partial charge in [-0.15, -0.1) is 0 Å². The van der Waals surface area contributed by atoms with E-state index in [0.717, 1.165) is 37.4 Å². The lowest BCUT2D eigenvalue weighted by Crippen LogP contribution is -3.27. The number of nitrogens with one attached hydrogen (secondary N) is 3. The molecule has 0 spiro atoms. The highest BCUT2D eigenvalue weighted by atomic mass is 16.2. The summed E-state index contributed by atoms with van der Waals surface area (Å²) >= 11 is 0. The Morgan fingerprint density at radius 1 is 1.00 bits per heavy atom. The lowest BCUT2D eigenvalue weighted by atomic mass is 9.49. The van der Waals surface area contributed by atoms with Crippen LogP contribution in [0.1, 0.15) is 38.5 Å². The summed E-state index contributed by atoms with van der Waals surface area (Å²) < 4.78 is 0. The Morgan fingerprint density at radius 2 is 1.55 bits per heavy atom. The molecule has 4 heteroatoms. The number of carbonyl (C=O) groups excluding carboxylic acids is 1. The van der Waals surface area contributed by atoms with Crippen molar-refractivity contribution in [3.8, 4) is 0 Å². The van der Waals surface area contributed by atoms with Gasteiger partial charge >= 0.3 is 0 Å². The maximum Gasteiger partial charge on any atom is 0.275 e. The van der Waals surface area contributed by atoms with E-state index in [4.69, 9.17) is 0 Å². The smallest absolute Gasteiger partial charge is 0.275 e. The molecule has 0 atom stereocenters. The standard InChI is InChI=1S/C18H31N3O/c1-20-2-4-21(5-3-20)12-17(22)19-13-18-9-14-6-15(10-18)8-16(7-14)11-18/h14-16H,2-13H2,1H3,(H,19,22)/p+2. The maximum absolute atomic E-state index is 12.3. The number of rotatable bonds is 4. The van der Waals surface area contributed by atoms with Gasteiger partial charge < -0.3 is 15.1 Å². The second kappa shape index (κ2) is 5.79. The fraction of sp³-hybridized carbons (Fsp3) is 0.944.